The topological polar surface area (TPSA) is 49.4 Å². The monoisotopic (exact) mass is 278 g/mol. The highest BCUT2D eigenvalue weighted by atomic mass is 19.4. The van der Waals surface area contributed by atoms with E-state index in [0.29, 0.717) is 0 Å². The fraction of sp³-hybridized carbons (Fsp3) is 0.833. The zero-order valence-corrected chi connectivity index (χ0v) is 10.9. The van der Waals surface area contributed by atoms with Crippen LogP contribution in [0.15, 0.2) is 0 Å². The molecule has 7 heteroatoms. The Balaban J connectivity index is 2.15. The van der Waals surface area contributed by atoms with Gasteiger partial charge in [-0.3, -0.25) is 9.59 Å². The zero-order chi connectivity index (χ0) is 14.4. The fourth-order valence-electron chi connectivity index (χ4n) is 2.51. The lowest BCUT2D eigenvalue weighted by molar-refractivity contribution is -0.162. The summed E-state index contributed by atoms with van der Waals surface area (Å²) < 4.78 is 36.9. The Bertz CT molecular complexity index is 406. The smallest absolute Gasteiger partial charge is 0.340 e. The largest absolute Gasteiger partial charge is 0.390 e. The molecule has 0 bridgehead atoms. The molecule has 0 radical (unpaired) electrons. The number of carbonyl (C=O) groups is 2. The molecule has 0 aromatic rings. The molecular formula is C12H17F3N2O2. The van der Waals surface area contributed by atoms with Crippen molar-refractivity contribution < 1.29 is 22.8 Å². The van der Waals surface area contributed by atoms with Gasteiger partial charge >= 0.3 is 6.18 Å². The van der Waals surface area contributed by atoms with Crippen LogP contribution in [0.4, 0.5) is 13.2 Å². The minimum atomic E-state index is -4.33. The van der Waals surface area contributed by atoms with Gasteiger partial charge < -0.3 is 10.2 Å². The standard InChI is InChI=1S/C12H17F3N2O2/c1-7-9(18)16-11(2,8-3-4-8)10(19)17(7)6-5-12(13,14)15/h7-8H,3-6H2,1-2H3,(H,16,18). The van der Waals surface area contributed by atoms with Gasteiger partial charge in [0, 0.05) is 6.54 Å². The van der Waals surface area contributed by atoms with Crippen molar-refractivity contribution in [1.82, 2.24) is 10.2 Å². The maximum atomic E-state index is 12.3. The van der Waals surface area contributed by atoms with Gasteiger partial charge in [0.1, 0.15) is 11.6 Å². The van der Waals surface area contributed by atoms with Crippen LogP contribution in [0, 0.1) is 5.92 Å². The summed E-state index contributed by atoms with van der Waals surface area (Å²) in [6.07, 6.45) is -3.77. The van der Waals surface area contributed by atoms with Gasteiger partial charge in [0.25, 0.3) is 0 Å². The molecule has 1 saturated carbocycles. The lowest BCUT2D eigenvalue weighted by Crippen LogP contribution is -2.69. The summed E-state index contributed by atoms with van der Waals surface area (Å²) in [5, 5.41) is 2.67. The fourth-order valence-corrected chi connectivity index (χ4v) is 2.51. The predicted molar refractivity (Wildman–Crippen MR) is 61.1 cm³/mol. The lowest BCUT2D eigenvalue weighted by atomic mass is 9.89. The second kappa shape index (κ2) is 4.38. The van der Waals surface area contributed by atoms with Crippen molar-refractivity contribution in [3.05, 3.63) is 0 Å². The molecule has 1 N–H and O–H groups in total. The summed E-state index contributed by atoms with van der Waals surface area (Å²) >= 11 is 0. The third-order valence-electron chi connectivity index (χ3n) is 3.96. The van der Waals surface area contributed by atoms with Crippen molar-refractivity contribution in [3.63, 3.8) is 0 Å². The highest BCUT2D eigenvalue weighted by Gasteiger charge is 2.54. The number of halogens is 3. The van der Waals surface area contributed by atoms with Gasteiger partial charge in [-0.05, 0) is 32.6 Å². The van der Waals surface area contributed by atoms with E-state index >= 15 is 0 Å². The first-order valence-electron chi connectivity index (χ1n) is 6.35. The van der Waals surface area contributed by atoms with Crippen molar-refractivity contribution in [1.29, 1.82) is 0 Å². The van der Waals surface area contributed by atoms with Crippen LogP contribution in [0.25, 0.3) is 0 Å². The van der Waals surface area contributed by atoms with Crippen LogP contribution in [0.1, 0.15) is 33.1 Å². The first-order chi connectivity index (χ1) is 8.65. The van der Waals surface area contributed by atoms with Gasteiger partial charge in [0.05, 0.1) is 6.42 Å². The van der Waals surface area contributed by atoms with Crippen LogP contribution < -0.4 is 5.32 Å². The second-order valence-corrected chi connectivity index (χ2v) is 5.51. The number of carbonyl (C=O) groups excluding carboxylic acids is 2. The summed E-state index contributed by atoms with van der Waals surface area (Å²) in [4.78, 5) is 25.2. The number of amides is 2. The van der Waals surface area contributed by atoms with E-state index in [-0.39, 0.29) is 11.8 Å². The van der Waals surface area contributed by atoms with E-state index in [1.807, 2.05) is 0 Å². The average molecular weight is 278 g/mol. The van der Waals surface area contributed by atoms with Crippen LogP contribution in [0.2, 0.25) is 0 Å². The van der Waals surface area contributed by atoms with E-state index < -0.39 is 36.6 Å². The van der Waals surface area contributed by atoms with Gasteiger partial charge in [-0.2, -0.15) is 13.2 Å². The summed E-state index contributed by atoms with van der Waals surface area (Å²) in [5.74, 6) is -0.729. The number of nitrogens with one attached hydrogen (secondary N) is 1. The lowest BCUT2D eigenvalue weighted by Gasteiger charge is -2.43. The van der Waals surface area contributed by atoms with Gasteiger partial charge in [-0.1, -0.05) is 0 Å². The van der Waals surface area contributed by atoms with Crippen molar-refractivity contribution in [2.45, 2.75) is 50.9 Å². The SMILES string of the molecule is CC1C(=O)NC(C)(C2CC2)C(=O)N1CCC(F)(F)F. The molecule has 108 valence electrons. The zero-order valence-electron chi connectivity index (χ0n) is 10.9. The van der Waals surface area contributed by atoms with E-state index in [1.165, 1.54) is 6.92 Å². The average Bonchev–Trinajstić information content (AvgIpc) is 3.09. The molecule has 2 atom stereocenters. The van der Waals surface area contributed by atoms with E-state index in [2.05, 4.69) is 5.32 Å². The van der Waals surface area contributed by atoms with Crippen molar-refractivity contribution in [2.24, 2.45) is 5.92 Å². The molecule has 19 heavy (non-hydrogen) atoms. The quantitative estimate of drug-likeness (QED) is 0.849. The molecule has 2 aliphatic rings. The number of nitrogens with zero attached hydrogens (tertiary/aromatic N) is 1. The second-order valence-electron chi connectivity index (χ2n) is 5.51. The van der Waals surface area contributed by atoms with Crippen molar-refractivity contribution in [3.8, 4) is 0 Å². The van der Waals surface area contributed by atoms with E-state index in [4.69, 9.17) is 0 Å². The molecule has 0 aromatic carbocycles. The molecule has 1 aliphatic heterocycles. The Morgan fingerprint density at radius 3 is 2.42 bits per heavy atom. The molecule has 2 rings (SSSR count). The molecule has 1 saturated heterocycles. The Morgan fingerprint density at radius 1 is 1.37 bits per heavy atom. The maximum absolute atomic E-state index is 12.3. The van der Waals surface area contributed by atoms with Gasteiger partial charge in [-0.25, -0.2) is 0 Å². The highest BCUT2D eigenvalue weighted by Crippen LogP contribution is 2.42. The Kier molecular flexibility index (Phi) is 3.26. The molecule has 0 spiro atoms. The third-order valence-corrected chi connectivity index (χ3v) is 3.96. The minimum absolute atomic E-state index is 0.0461. The van der Waals surface area contributed by atoms with E-state index in [1.54, 1.807) is 6.92 Å². The Hall–Kier alpha value is -1.27. The molecule has 2 unspecified atom stereocenters. The number of piperazine rings is 1. The van der Waals surface area contributed by atoms with E-state index in [0.717, 1.165) is 17.7 Å². The van der Waals surface area contributed by atoms with Crippen LogP contribution in [-0.2, 0) is 9.59 Å². The van der Waals surface area contributed by atoms with Crippen LogP contribution in [0.5, 0.6) is 0 Å². The first kappa shape index (κ1) is 14.1. The van der Waals surface area contributed by atoms with E-state index in [9.17, 15) is 22.8 Å². The van der Waals surface area contributed by atoms with Gasteiger partial charge in [0.2, 0.25) is 11.8 Å². The summed E-state index contributed by atoms with van der Waals surface area (Å²) in [5.41, 5.74) is -1.03. The number of hydrogen-bond donors (Lipinski definition) is 1. The molecule has 0 aromatic heterocycles. The highest BCUT2D eigenvalue weighted by molar-refractivity contribution is 5.99. The molecular weight excluding hydrogens is 261 g/mol. The molecule has 4 nitrogen and oxygen atoms in total. The van der Waals surface area contributed by atoms with Gasteiger partial charge in [0.15, 0.2) is 0 Å². The molecule has 2 fully saturated rings. The van der Waals surface area contributed by atoms with Crippen molar-refractivity contribution in [2.75, 3.05) is 6.54 Å². The third kappa shape index (κ3) is 2.69. The Labute approximate surface area is 109 Å². The molecule has 1 heterocycles. The number of hydrogen-bond acceptors (Lipinski definition) is 2. The molecule has 1 aliphatic carbocycles. The van der Waals surface area contributed by atoms with Crippen LogP contribution in [-0.4, -0.2) is 41.0 Å². The predicted octanol–water partition coefficient (Wildman–Crippen LogP) is 1.45. The molecule has 2 amide bonds. The first-order valence-corrected chi connectivity index (χ1v) is 6.35. The summed E-state index contributed by atoms with van der Waals surface area (Å²) in [7, 11) is 0. The number of rotatable bonds is 3. The van der Waals surface area contributed by atoms with Crippen LogP contribution in [0.3, 0.4) is 0 Å². The normalized spacial score (nSPS) is 32.5. The summed E-state index contributed by atoms with van der Waals surface area (Å²) in [6, 6.07) is -0.846. The maximum Gasteiger partial charge on any atom is 0.390 e. The van der Waals surface area contributed by atoms with Crippen LogP contribution >= 0.6 is 0 Å². The summed E-state index contributed by atoms with van der Waals surface area (Å²) in [6.45, 7) is 2.60. The minimum Gasteiger partial charge on any atom is -0.340 e. The van der Waals surface area contributed by atoms with Crippen molar-refractivity contribution >= 4 is 11.8 Å². The van der Waals surface area contributed by atoms with Gasteiger partial charge in [-0.15, -0.1) is 0 Å². The number of alkyl halides is 3. The Morgan fingerprint density at radius 2 is 1.95 bits per heavy atom.